The first-order valence-electron chi connectivity index (χ1n) is 5.43. The molecule has 0 saturated carbocycles. The lowest BCUT2D eigenvalue weighted by atomic mass is 9.99. The average Bonchev–Trinajstić information content (AvgIpc) is 2.22. The topological polar surface area (TPSA) is 12.0 Å². The van der Waals surface area contributed by atoms with Crippen LogP contribution in [-0.4, -0.2) is 6.54 Å². The van der Waals surface area contributed by atoms with Gasteiger partial charge >= 0.3 is 0 Å². The van der Waals surface area contributed by atoms with E-state index in [9.17, 15) is 0 Å². The molecule has 1 N–H and O–H groups in total. The molecule has 0 aromatic heterocycles. The largest absolute Gasteiger partial charge is 0.309 e. The zero-order valence-corrected chi connectivity index (χ0v) is 9.80. The van der Waals surface area contributed by atoms with E-state index in [1.54, 1.807) is 0 Å². The molecule has 0 aliphatic rings. The van der Waals surface area contributed by atoms with Gasteiger partial charge < -0.3 is 5.32 Å². The van der Waals surface area contributed by atoms with Gasteiger partial charge in [0.15, 0.2) is 0 Å². The maximum atomic E-state index is 5.37. The summed E-state index contributed by atoms with van der Waals surface area (Å²) in [5.41, 5.74) is 3.94. The number of hydrogen-bond acceptors (Lipinski definition) is 1. The number of hydrogen-bond donors (Lipinski definition) is 1. The first-order valence-corrected chi connectivity index (χ1v) is 5.43. The third-order valence-electron chi connectivity index (χ3n) is 2.71. The van der Waals surface area contributed by atoms with Crippen LogP contribution in [-0.2, 0) is 0 Å². The van der Waals surface area contributed by atoms with Crippen molar-refractivity contribution in [1.29, 1.82) is 0 Å². The Balaban J connectivity index is 2.91. The molecule has 0 radical (unpaired) electrons. The van der Waals surface area contributed by atoms with Gasteiger partial charge in [-0.1, -0.05) is 25.1 Å². The van der Waals surface area contributed by atoms with Crippen LogP contribution in [0.4, 0.5) is 0 Å². The zero-order chi connectivity index (χ0) is 11.3. The molecular weight excluding hydrogens is 182 g/mol. The molecule has 1 aromatic rings. The molecule has 0 aliphatic carbocycles. The minimum absolute atomic E-state index is 0.291. The number of aryl methyl sites for hydroxylation is 2. The number of nitrogens with one attached hydrogen (secondary N) is 1. The van der Waals surface area contributed by atoms with Crippen LogP contribution in [0.5, 0.6) is 0 Å². The predicted octanol–water partition coefficient (Wildman–Crippen LogP) is 2.98. The van der Waals surface area contributed by atoms with Crippen molar-refractivity contribution in [1.82, 2.24) is 5.32 Å². The van der Waals surface area contributed by atoms with Gasteiger partial charge in [-0.25, -0.2) is 0 Å². The maximum absolute atomic E-state index is 5.37. The molecule has 0 saturated heterocycles. The minimum atomic E-state index is 0.291. The standard InChI is InChI=1S/C14H19N/c1-5-7-14(15-6-2)13-9-8-11(3)12(4)10-13/h1,8-10,14-15H,6-7H2,2-4H3. The van der Waals surface area contributed by atoms with Gasteiger partial charge in [-0.2, -0.15) is 0 Å². The van der Waals surface area contributed by atoms with Crippen molar-refractivity contribution in [3.63, 3.8) is 0 Å². The van der Waals surface area contributed by atoms with Gasteiger partial charge in [-0.3, -0.25) is 0 Å². The van der Waals surface area contributed by atoms with E-state index in [4.69, 9.17) is 6.42 Å². The summed E-state index contributed by atoms with van der Waals surface area (Å²) >= 11 is 0. The summed E-state index contributed by atoms with van der Waals surface area (Å²) in [7, 11) is 0. The van der Waals surface area contributed by atoms with Crippen molar-refractivity contribution < 1.29 is 0 Å². The van der Waals surface area contributed by atoms with Crippen LogP contribution in [0.3, 0.4) is 0 Å². The molecule has 1 aromatic carbocycles. The van der Waals surface area contributed by atoms with Crippen molar-refractivity contribution >= 4 is 0 Å². The molecule has 0 bridgehead atoms. The average molecular weight is 201 g/mol. The van der Waals surface area contributed by atoms with Crippen LogP contribution in [0.1, 0.15) is 36.1 Å². The van der Waals surface area contributed by atoms with E-state index in [1.165, 1.54) is 16.7 Å². The van der Waals surface area contributed by atoms with Crippen LogP contribution in [0.15, 0.2) is 18.2 Å². The van der Waals surface area contributed by atoms with Crippen LogP contribution >= 0.6 is 0 Å². The lowest BCUT2D eigenvalue weighted by Crippen LogP contribution is -2.20. The third kappa shape index (κ3) is 3.11. The summed E-state index contributed by atoms with van der Waals surface area (Å²) in [6, 6.07) is 6.83. The molecule has 0 heterocycles. The Morgan fingerprint density at radius 1 is 1.33 bits per heavy atom. The van der Waals surface area contributed by atoms with Crippen molar-refractivity contribution in [2.24, 2.45) is 0 Å². The van der Waals surface area contributed by atoms with E-state index < -0.39 is 0 Å². The lowest BCUT2D eigenvalue weighted by molar-refractivity contribution is 0.565. The Morgan fingerprint density at radius 2 is 2.07 bits per heavy atom. The summed E-state index contributed by atoms with van der Waals surface area (Å²) in [6.45, 7) is 7.31. The van der Waals surface area contributed by atoms with E-state index in [-0.39, 0.29) is 0 Å². The Hall–Kier alpha value is -1.26. The molecule has 1 heteroatoms. The molecule has 1 nitrogen and oxygen atoms in total. The fourth-order valence-corrected chi connectivity index (χ4v) is 1.65. The summed E-state index contributed by atoms with van der Waals surface area (Å²) < 4.78 is 0. The van der Waals surface area contributed by atoms with Gasteiger partial charge in [0, 0.05) is 12.5 Å². The molecule has 0 spiro atoms. The minimum Gasteiger partial charge on any atom is -0.309 e. The molecule has 15 heavy (non-hydrogen) atoms. The first-order chi connectivity index (χ1) is 7.19. The van der Waals surface area contributed by atoms with Gasteiger partial charge in [0.05, 0.1) is 0 Å². The summed E-state index contributed by atoms with van der Waals surface area (Å²) in [5.74, 6) is 2.72. The molecule has 0 amide bonds. The highest BCUT2D eigenvalue weighted by Crippen LogP contribution is 2.19. The molecular formula is C14H19N. The van der Waals surface area contributed by atoms with E-state index in [0.29, 0.717) is 6.04 Å². The molecule has 1 atom stereocenters. The molecule has 1 unspecified atom stereocenters. The Morgan fingerprint density at radius 3 is 2.60 bits per heavy atom. The SMILES string of the molecule is C#CCC(NCC)c1ccc(C)c(C)c1. The van der Waals surface area contributed by atoms with Gasteiger partial charge in [-0.15, -0.1) is 12.3 Å². The normalized spacial score (nSPS) is 12.1. The number of rotatable bonds is 4. The molecule has 80 valence electrons. The van der Waals surface area contributed by atoms with E-state index in [2.05, 4.69) is 50.2 Å². The highest BCUT2D eigenvalue weighted by atomic mass is 14.9. The van der Waals surface area contributed by atoms with Crippen molar-refractivity contribution in [2.75, 3.05) is 6.54 Å². The van der Waals surface area contributed by atoms with Crippen molar-refractivity contribution in [2.45, 2.75) is 33.2 Å². The van der Waals surface area contributed by atoms with Crippen LogP contribution in [0.25, 0.3) is 0 Å². The second-order valence-electron chi connectivity index (χ2n) is 3.86. The second kappa shape index (κ2) is 5.58. The highest BCUT2D eigenvalue weighted by Gasteiger charge is 2.08. The van der Waals surface area contributed by atoms with Gasteiger partial charge in [0.1, 0.15) is 0 Å². The third-order valence-corrected chi connectivity index (χ3v) is 2.71. The molecule has 0 fully saturated rings. The number of terminal acetylenes is 1. The number of benzene rings is 1. The lowest BCUT2D eigenvalue weighted by Gasteiger charge is -2.16. The molecule has 0 aliphatic heterocycles. The summed E-state index contributed by atoms with van der Waals surface area (Å²) in [6.07, 6.45) is 6.12. The Labute approximate surface area is 92.9 Å². The van der Waals surface area contributed by atoms with Crippen LogP contribution < -0.4 is 5.32 Å². The highest BCUT2D eigenvalue weighted by molar-refractivity contribution is 5.32. The summed E-state index contributed by atoms with van der Waals surface area (Å²) in [5, 5.41) is 3.40. The van der Waals surface area contributed by atoms with Crippen molar-refractivity contribution in [3.05, 3.63) is 34.9 Å². The smallest absolute Gasteiger partial charge is 0.0430 e. The monoisotopic (exact) mass is 201 g/mol. The van der Waals surface area contributed by atoms with Crippen molar-refractivity contribution in [3.8, 4) is 12.3 Å². The van der Waals surface area contributed by atoms with Crippen LogP contribution in [0, 0.1) is 26.2 Å². The first kappa shape index (κ1) is 11.8. The Kier molecular flexibility index (Phi) is 4.39. The van der Waals surface area contributed by atoms with Crippen LogP contribution in [0.2, 0.25) is 0 Å². The second-order valence-corrected chi connectivity index (χ2v) is 3.86. The van der Waals surface area contributed by atoms with E-state index in [1.807, 2.05) is 0 Å². The van der Waals surface area contributed by atoms with Gasteiger partial charge in [-0.05, 0) is 37.1 Å². The fourth-order valence-electron chi connectivity index (χ4n) is 1.65. The fraction of sp³-hybridized carbons (Fsp3) is 0.429. The van der Waals surface area contributed by atoms with E-state index in [0.717, 1.165) is 13.0 Å². The Bertz CT molecular complexity index is 360. The zero-order valence-electron chi connectivity index (χ0n) is 9.80. The van der Waals surface area contributed by atoms with Gasteiger partial charge in [0.25, 0.3) is 0 Å². The predicted molar refractivity (Wildman–Crippen MR) is 65.8 cm³/mol. The quantitative estimate of drug-likeness (QED) is 0.738. The summed E-state index contributed by atoms with van der Waals surface area (Å²) in [4.78, 5) is 0. The van der Waals surface area contributed by atoms with Gasteiger partial charge in [0.2, 0.25) is 0 Å². The molecule has 1 rings (SSSR count). The maximum Gasteiger partial charge on any atom is 0.0430 e. The van der Waals surface area contributed by atoms with E-state index >= 15 is 0 Å².